The Bertz CT molecular complexity index is 506. The Balaban J connectivity index is 2.53. The molecule has 8 nitrogen and oxygen atoms in total. The van der Waals surface area contributed by atoms with Crippen molar-refractivity contribution in [3.8, 4) is 0 Å². The van der Waals surface area contributed by atoms with Crippen LogP contribution in [0.3, 0.4) is 0 Å². The SMILES string of the molecule is COCCn1ncc(NCCOCC(N)=O)c(Cl)c1=O. The Morgan fingerprint density at radius 1 is 1.55 bits per heavy atom. The van der Waals surface area contributed by atoms with Gasteiger partial charge in [0, 0.05) is 13.7 Å². The van der Waals surface area contributed by atoms with Crippen molar-refractivity contribution in [2.24, 2.45) is 5.73 Å². The standard InChI is InChI=1S/C11H17ClN4O4/c1-19-5-3-16-11(18)10(12)8(6-15-16)14-2-4-20-7-9(13)17/h6,14H,2-5,7H2,1H3,(H2,13,17). The van der Waals surface area contributed by atoms with Crippen molar-refractivity contribution < 1.29 is 14.3 Å². The molecule has 1 aromatic rings. The summed E-state index contributed by atoms with van der Waals surface area (Å²) in [5.74, 6) is -0.537. The van der Waals surface area contributed by atoms with E-state index in [4.69, 9.17) is 26.8 Å². The fourth-order valence-electron chi connectivity index (χ4n) is 1.36. The molecule has 20 heavy (non-hydrogen) atoms. The number of amides is 1. The lowest BCUT2D eigenvalue weighted by molar-refractivity contribution is -0.122. The van der Waals surface area contributed by atoms with Crippen molar-refractivity contribution in [1.29, 1.82) is 0 Å². The zero-order valence-corrected chi connectivity index (χ0v) is 11.9. The molecule has 0 aliphatic carbocycles. The fraction of sp³-hybridized carbons (Fsp3) is 0.545. The first kappa shape index (κ1) is 16.4. The summed E-state index contributed by atoms with van der Waals surface area (Å²) in [6, 6.07) is 0. The van der Waals surface area contributed by atoms with Crippen LogP contribution in [0.2, 0.25) is 5.02 Å². The molecule has 0 radical (unpaired) electrons. The number of carbonyl (C=O) groups excluding carboxylic acids is 1. The first-order valence-corrected chi connectivity index (χ1v) is 6.28. The van der Waals surface area contributed by atoms with E-state index in [2.05, 4.69) is 10.4 Å². The van der Waals surface area contributed by atoms with Crippen molar-refractivity contribution in [3.05, 3.63) is 21.6 Å². The average Bonchev–Trinajstić information content (AvgIpc) is 2.41. The van der Waals surface area contributed by atoms with Gasteiger partial charge in [0.2, 0.25) is 5.91 Å². The van der Waals surface area contributed by atoms with Crippen LogP contribution in [0.4, 0.5) is 5.69 Å². The van der Waals surface area contributed by atoms with E-state index >= 15 is 0 Å². The van der Waals surface area contributed by atoms with Gasteiger partial charge in [-0.05, 0) is 0 Å². The lowest BCUT2D eigenvalue weighted by Gasteiger charge is -2.10. The fourth-order valence-corrected chi connectivity index (χ4v) is 1.57. The molecule has 1 rings (SSSR count). The van der Waals surface area contributed by atoms with Gasteiger partial charge in [-0.15, -0.1) is 0 Å². The number of hydrogen-bond acceptors (Lipinski definition) is 6. The molecule has 0 fully saturated rings. The predicted molar refractivity (Wildman–Crippen MR) is 73.9 cm³/mol. The summed E-state index contributed by atoms with van der Waals surface area (Å²) >= 11 is 5.95. The van der Waals surface area contributed by atoms with Gasteiger partial charge in [-0.25, -0.2) is 4.68 Å². The smallest absolute Gasteiger partial charge is 0.287 e. The molecule has 0 atom stereocenters. The van der Waals surface area contributed by atoms with E-state index in [-0.39, 0.29) is 18.2 Å². The Hall–Kier alpha value is -1.64. The highest BCUT2D eigenvalue weighted by molar-refractivity contribution is 6.32. The molecule has 1 amide bonds. The summed E-state index contributed by atoms with van der Waals surface area (Å²) in [4.78, 5) is 22.3. The molecule has 0 aromatic carbocycles. The first-order valence-electron chi connectivity index (χ1n) is 5.90. The van der Waals surface area contributed by atoms with Crippen molar-refractivity contribution >= 4 is 23.2 Å². The molecule has 9 heteroatoms. The number of anilines is 1. The second kappa shape index (κ2) is 8.51. The van der Waals surface area contributed by atoms with Gasteiger partial charge in [0.25, 0.3) is 5.56 Å². The molecule has 0 aliphatic rings. The normalized spacial score (nSPS) is 10.5. The maximum atomic E-state index is 11.9. The maximum Gasteiger partial charge on any atom is 0.287 e. The topological polar surface area (TPSA) is 108 Å². The minimum Gasteiger partial charge on any atom is -0.383 e. The number of nitrogens with one attached hydrogen (secondary N) is 1. The minimum absolute atomic E-state index is 0.0472. The Morgan fingerprint density at radius 3 is 2.95 bits per heavy atom. The lowest BCUT2D eigenvalue weighted by Crippen LogP contribution is -2.26. The van der Waals surface area contributed by atoms with Crippen LogP contribution in [0, 0.1) is 0 Å². The van der Waals surface area contributed by atoms with Crippen LogP contribution in [-0.2, 0) is 20.8 Å². The van der Waals surface area contributed by atoms with Crippen LogP contribution in [-0.4, -0.2) is 49.2 Å². The quantitative estimate of drug-likeness (QED) is 0.593. The number of rotatable bonds is 9. The molecule has 1 heterocycles. The monoisotopic (exact) mass is 304 g/mol. The third-order valence-electron chi connectivity index (χ3n) is 2.30. The van der Waals surface area contributed by atoms with Gasteiger partial charge in [0.15, 0.2) is 0 Å². The third kappa shape index (κ3) is 5.16. The molecule has 0 saturated heterocycles. The molecule has 0 spiro atoms. The van der Waals surface area contributed by atoms with Gasteiger partial charge in [-0.2, -0.15) is 5.10 Å². The largest absolute Gasteiger partial charge is 0.383 e. The Morgan fingerprint density at radius 2 is 2.30 bits per heavy atom. The van der Waals surface area contributed by atoms with Crippen LogP contribution in [0.1, 0.15) is 0 Å². The van der Waals surface area contributed by atoms with E-state index in [0.717, 1.165) is 0 Å². The highest BCUT2D eigenvalue weighted by Crippen LogP contribution is 2.14. The third-order valence-corrected chi connectivity index (χ3v) is 2.66. The zero-order valence-electron chi connectivity index (χ0n) is 11.1. The molecule has 1 aromatic heterocycles. The summed E-state index contributed by atoms with van der Waals surface area (Å²) in [7, 11) is 1.54. The van der Waals surface area contributed by atoms with Gasteiger partial charge in [0.05, 0.1) is 31.6 Å². The second-order valence-electron chi connectivity index (χ2n) is 3.84. The molecule has 112 valence electrons. The van der Waals surface area contributed by atoms with Crippen molar-refractivity contribution in [2.45, 2.75) is 6.54 Å². The van der Waals surface area contributed by atoms with Gasteiger partial charge in [0.1, 0.15) is 11.6 Å². The van der Waals surface area contributed by atoms with E-state index in [0.29, 0.717) is 25.4 Å². The second-order valence-corrected chi connectivity index (χ2v) is 4.22. The van der Waals surface area contributed by atoms with E-state index in [1.165, 1.54) is 18.0 Å². The highest BCUT2D eigenvalue weighted by atomic mass is 35.5. The van der Waals surface area contributed by atoms with Crippen LogP contribution >= 0.6 is 11.6 Å². The number of methoxy groups -OCH3 is 1. The predicted octanol–water partition coefficient (Wildman–Crippen LogP) is -0.543. The molecular weight excluding hydrogens is 288 g/mol. The maximum absolute atomic E-state index is 11.9. The van der Waals surface area contributed by atoms with E-state index in [1.807, 2.05) is 0 Å². The number of aromatic nitrogens is 2. The molecule has 0 bridgehead atoms. The first-order chi connectivity index (χ1) is 9.56. The Labute approximate surface area is 120 Å². The number of hydrogen-bond donors (Lipinski definition) is 2. The van der Waals surface area contributed by atoms with Crippen molar-refractivity contribution in [1.82, 2.24) is 9.78 Å². The van der Waals surface area contributed by atoms with E-state index in [1.54, 1.807) is 0 Å². The highest BCUT2D eigenvalue weighted by Gasteiger charge is 2.08. The van der Waals surface area contributed by atoms with Gasteiger partial charge in [-0.3, -0.25) is 9.59 Å². The van der Waals surface area contributed by atoms with Gasteiger partial charge >= 0.3 is 0 Å². The molecule has 3 N–H and O–H groups in total. The van der Waals surface area contributed by atoms with Crippen LogP contribution in [0.15, 0.2) is 11.0 Å². The number of primary amides is 1. The molecular formula is C11H17ClN4O4. The molecule has 0 saturated carbocycles. The molecule has 0 unspecified atom stereocenters. The summed E-state index contributed by atoms with van der Waals surface area (Å²) in [6.45, 7) is 1.18. The average molecular weight is 305 g/mol. The number of ether oxygens (including phenoxy) is 2. The van der Waals surface area contributed by atoms with Gasteiger partial charge in [-0.1, -0.05) is 11.6 Å². The molecule has 0 aliphatic heterocycles. The van der Waals surface area contributed by atoms with Crippen LogP contribution in [0.25, 0.3) is 0 Å². The van der Waals surface area contributed by atoms with E-state index in [9.17, 15) is 9.59 Å². The number of carbonyl (C=O) groups is 1. The van der Waals surface area contributed by atoms with Crippen LogP contribution in [0.5, 0.6) is 0 Å². The minimum atomic E-state index is -0.537. The zero-order chi connectivity index (χ0) is 15.0. The number of nitrogens with two attached hydrogens (primary N) is 1. The van der Waals surface area contributed by atoms with Crippen LogP contribution < -0.4 is 16.6 Å². The summed E-state index contributed by atoms with van der Waals surface area (Å²) < 4.78 is 11.1. The van der Waals surface area contributed by atoms with E-state index < -0.39 is 11.5 Å². The van der Waals surface area contributed by atoms with Gasteiger partial charge < -0.3 is 20.5 Å². The summed E-state index contributed by atoms with van der Waals surface area (Å²) in [6.07, 6.45) is 1.45. The summed E-state index contributed by atoms with van der Waals surface area (Å²) in [5.41, 5.74) is 4.93. The number of nitrogens with zero attached hydrogens (tertiary/aromatic N) is 2. The van der Waals surface area contributed by atoms with Crippen molar-refractivity contribution in [3.63, 3.8) is 0 Å². The number of halogens is 1. The van der Waals surface area contributed by atoms with Crippen molar-refractivity contribution in [2.75, 3.05) is 38.8 Å². The summed E-state index contributed by atoms with van der Waals surface area (Å²) in [5, 5.41) is 6.91. The Kier molecular flexibility index (Phi) is 6.99. The lowest BCUT2D eigenvalue weighted by atomic mass is 10.4.